The Labute approximate surface area is 174 Å². The third-order valence-corrected chi connectivity index (χ3v) is 4.92. The first-order valence-electron chi connectivity index (χ1n) is 9.04. The lowest BCUT2D eigenvalue weighted by Crippen LogP contribution is -2.32. The molecule has 1 N–H and O–H groups in total. The highest BCUT2D eigenvalue weighted by atomic mass is 127. The first-order chi connectivity index (χ1) is 13.0. The number of halogens is 1. The molecule has 0 bridgehead atoms. The Bertz CT molecular complexity index is 785. The van der Waals surface area contributed by atoms with Crippen LogP contribution < -0.4 is 10.1 Å². The van der Waals surface area contributed by atoms with Gasteiger partial charge in [0.25, 0.3) is 11.8 Å². The normalized spacial score (nSPS) is 10.4. The van der Waals surface area contributed by atoms with Crippen molar-refractivity contribution >= 4 is 40.1 Å². The number of methoxy groups -OCH3 is 1. The molecule has 0 atom stereocenters. The van der Waals surface area contributed by atoms with Crippen molar-refractivity contribution in [3.8, 4) is 5.75 Å². The average molecular weight is 480 g/mol. The molecule has 0 aromatic heterocycles. The predicted molar refractivity (Wildman–Crippen MR) is 117 cm³/mol. The van der Waals surface area contributed by atoms with Crippen molar-refractivity contribution in [2.45, 2.75) is 26.7 Å². The van der Waals surface area contributed by atoms with Crippen molar-refractivity contribution in [3.63, 3.8) is 0 Å². The highest BCUT2D eigenvalue weighted by Crippen LogP contribution is 2.22. The second-order valence-corrected chi connectivity index (χ2v) is 7.34. The van der Waals surface area contributed by atoms with E-state index in [4.69, 9.17) is 4.74 Å². The Morgan fingerprint density at radius 3 is 2.11 bits per heavy atom. The quantitative estimate of drug-likeness (QED) is 0.552. The molecule has 5 nitrogen and oxygen atoms in total. The molecule has 2 aromatic rings. The van der Waals surface area contributed by atoms with Crippen LogP contribution in [0.3, 0.4) is 0 Å². The molecule has 0 radical (unpaired) electrons. The topological polar surface area (TPSA) is 58.6 Å². The van der Waals surface area contributed by atoms with E-state index < -0.39 is 0 Å². The summed E-state index contributed by atoms with van der Waals surface area (Å²) in [5, 5.41) is 2.86. The van der Waals surface area contributed by atoms with Crippen LogP contribution in [0.1, 0.15) is 47.4 Å². The van der Waals surface area contributed by atoms with Gasteiger partial charge >= 0.3 is 0 Å². The van der Waals surface area contributed by atoms with E-state index in [1.807, 2.05) is 4.90 Å². The standard InChI is InChI=1S/C21H25IN2O3/c1-4-12-24(13-5-2)21(26)15-6-9-17(10-7-15)23-20(25)16-8-11-19(27-3)18(22)14-16/h6-11,14H,4-5,12-13H2,1-3H3,(H,23,25). The van der Waals surface area contributed by atoms with Gasteiger partial charge in [-0.25, -0.2) is 0 Å². The molecule has 2 rings (SSSR count). The molecule has 2 aromatic carbocycles. The molecular weight excluding hydrogens is 455 g/mol. The molecule has 27 heavy (non-hydrogen) atoms. The zero-order chi connectivity index (χ0) is 19.8. The summed E-state index contributed by atoms with van der Waals surface area (Å²) in [6, 6.07) is 12.3. The fraction of sp³-hybridized carbons (Fsp3) is 0.333. The lowest BCUT2D eigenvalue weighted by Gasteiger charge is -2.21. The Kier molecular flexibility index (Phi) is 8.09. The number of anilines is 1. The summed E-state index contributed by atoms with van der Waals surface area (Å²) in [4.78, 5) is 26.9. The van der Waals surface area contributed by atoms with Crippen molar-refractivity contribution in [2.75, 3.05) is 25.5 Å². The zero-order valence-corrected chi connectivity index (χ0v) is 18.1. The number of nitrogens with zero attached hydrogens (tertiary/aromatic N) is 1. The molecule has 0 aliphatic heterocycles. The minimum absolute atomic E-state index is 0.0290. The van der Waals surface area contributed by atoms with Crippen LogP contribution in [-0.4, -0.2) is 36.9 Å². The SMILES string of the molecule is CCCN(CCC)C(=O)c1ccc(NC(=O)c2ccc(OC)c(I)c2)cc1. The van der Waals surface area contributed by atoms with Crippen molar-refractivity contribution in [2.24, 2.45) is 0 Å². The van der Waals surface area contributed by atoms with Crippen LogP contribution >= 0.6 is 22.6 Å². The van der Waals surface area contributed by atoms with E-state index in [1.54, 1.807) is 49.6 Å². The van der Waals surface area contributed by atoms with Gasteiger partial charge in [0.05, 0.1) is 10.7 Å². The maximum absolute atomic E-state index is 12.6. The van der Waals surface area contributed by atoms with Gasteiger partial charge in [-0.05, 0) is 77.9 Å². The number of ether oxygens (including phenoxy) is 1. The van der Waals surface area contributed by atoms with E-state index in [1.165, 1.54) is 0 Å². The molecule has 0 heterocycles. The fourth-order valence-corrected chi connectivity index (χ4v) is 3.48. The van der Waals surface area contributed by atoms with Crippen LogP contribution in [0.15, 0.2) is 42.5 Å². The monoisotopic (exact) mass is 480 g/mol. The third-order valence-electron chi connectivity index (χ3n) is 4.08. The second-order valence-electron chi connectivity index (χ2n) is 6.17. The molecule has 0 unspecified atom stereocenters. The summed E-state index contributed by atoms with van der Waals surface area (Å²) in [5.41, 5.74) is 1.84. The second kappa shape index (κ2) is 10.3. The number of carbonyl (C=O) groups excluding carboxylic acids is 2. The molecule has 0 spiro atoms. The molecule has 0 saturated heterocycles. The Morgan fingerprint density at radius 2 is 1.59 bits per heavy atom. The number of hydrogen-bond acceptors (Lipinski definition) is 3. The first kappa shape index (κ1) is 21.2. The molecule has 144 valence electrons. The Morgan fingerprint density at radius 1 is 1.00 bits per heavy atom. The van der Waals surface area contributed by atoms with E-state index in [2.05, 4.69) is 41.8 Å². The van der Waals surface area contributed by atoms with Crippen molar-refractivity contribution < 1.29 is 14.3 Å². The van der Waals surface area contributed by atoms with Gasteiger partial charge in [-0.1, -0.05) is 13.8 Å². The van der Waals surface area contributed by atoms with Gasteiger partial charge in [-0.2, -0.15) is 0 Å². The summed E-state index contributed by atoms with van der Waals surface area (Å²) >= 11 is 2.13. The van der Waals surface area contributed by atoms with Gasteiger partial charge in [0.15, 0.2) is 0 Å². The molecular formula is C21H25IN2O3. The van der Waals surface area contributed by atoms with E-state index in [-0.39, 0.29) is 11.8 Å². The molecule has 0 aliphatic rings. The van der Waals surface area contributed by atoms with Crippen LogP contribution in [0, 0.1) is 3.57 Å². The largest absolute Gasteiger partial charge is 0.496 e. The summed E-state index contributed by atoms with van der Waals surface area (Å²) in [5.74, 6) is 0.563. The van der Waals surface area contributed by atoms with Gasteiger partial charge in [-0.3, -0.25) is 9.59 Å². The van der Waals surface area contributed by atoms with Crippen LogP contribution in [0.2, 0.25) is 0 Å². The predicted octanol–water partition coefficient (Wildman–Crippen LogP) is 4.81. The van der Waals surface area contributed by atoms with Crippen molar-refractivity contribution in [1.29, 1.82) is 0 Å². The van der Waals surface area contributed by atoms with Crippen molar-refractivity contribution in [1.82, 2.24) is 4.90 Å². The van der Waals surface area contributed by atoms with Gasteiger partial charge < -0.3 is 15.0 Å². The van der Waals surface area contributed by atoms with Gasteiger partial charge in [-0.15, -0.1) is 0 Å². The Balaban J connectivity index is 2.07. The summed E-state index contributed by atoms with van der Waals surface area (Å²) in [6.07, 6.45) is 1.86. The van der Waals surface area contributed by atoms with E-state index in [0.717, 1.165) is 35.3 Å². The van der Waals surface area contributed by atoms with E-state index in [0.29, 0.717) is 16.8 Å². The molecule has 0 aliphatic carbocycles. The highest BCUT2D eigenvalue weighted by molar-refractivity contribution is 14.1. The molecule has 2 amide bonds. The van der Waals surface area contributed by atoms with Gasteiger partial charge in [0.1, 0.15) is 5.75 Å². The number of nitrogens with one attached hydrogen (secondary N) is 1. The number of rotatable bonds is 8. The third kappa shape index (κ3) is 5.69. The Hall–Kier alpha value is -2.09. The highest BCUT2D eigenvalue weighted by Gasteiger charge is 2.14. The number of hydrogen-bond donors (Lipinski definition) is 1. The van der Waals surface area contributed by atoms with Crippen LogP contribution in [0.25, 0.3) is 0 Å². The zero-order valence-electron chi connectivity index (χ0n) is 15.9. The van der Waals surface area contributed by atoms with Crippen molar-refractivity contribution in [3.05, 3.63) is 57.2 Å². The average Bonchev–Trinajstić information content (AvgIpc) is 2.67. The summed E-state index contributed by atoms with van der Waals surface area (Å²) < 4.78 is 6.08. The number of carbonyl (C=O) groups is 2. The number of benzene rings is 2. The number of amides is 2. The van der Waals surface area contributed by atoms with Crippen LogP contribution in [0.5, 0.6) is 5.75 Å². The summed E-state index contributed by atoms with van der Waals surface area (Å²) in [7, 11) is 1.60. The lowest BCUT2D eigenvalue weighted by molar-refractivity contribution is 0.0755. The fourth-order valence-electron chi connectivity index (χ4n) is 2.74. The molecule has 0 saturated carbocycles. The van der Waals surface area contributed by atoms with Crippen LogP contribution in [-0.2, 0) is 0 Å². The maximum atomic E-state index is 12.6. The minimum Gasteiger partial charge on any atom is -0.496 e. The van der Waals surface area contributed by atoms with E-state index >= 15 is 0 Å². The van der Waals surface area contributed by atoms with Gasteiger partial charge in [0.2, 0.25) is 0 Å². The molecule has 6 heteroatoms. The van der Waals surface area contributed by atoms with E-state index in [9.17, 15) is 9.59 Å². The smallest absolute Gasteiger partial charge is 0.255 e. The van der Waals surface area contributed by atoms with Gasteiger partial charge in [0, 0.05) is 29.9 Å². The van der Waals surface area contributed by atoms with Crippen LogP contribution in [0.4, 0.5) is 5.69 Å². The maximum Gasteiger partial charge on any atom is 0.255 e. The minimum atomic E-state index is -0.201. The molecule has 0 fully saturated rings. The summed E-state index contributed by atoms with van der Waals surface area (Å²) in [6.45, 7) is 5.63. The first-order valence-corrected chi connectivity index (χ1v) is 10.1. The lowest BCUT2D eigenvalue weighted by atomic mass is 10.1.